The van der Waals surface area contributed by atoms with Crippen LogP contribution in [0.1, 0.15) is 19.8 Å². The monoisotopic (exact) mass is 278 g/mol. The van der Waals surface area contributed by atoms with Crippen molar-refractivity contribution in [1.82, 2.24) is 4.90 Å². The molecule has 1 amide bonds. The summed E-state index contributed by atoms with van der Waals surface area (Å²) >= 11 is 0. The van der Waals surface area contributed by atoms with Crippen molar-refractivity contribution in [3.63, 3.8) is 0 Å². The summed E-state index contributed by atoms with van der Waals surface area (Å²) in [7, 11) is 0. The van der Waals surface area contributed by atoms with E-state index in [9.17, 15) is 14.9 Å². The van der Waals surface area contributed by atoms with E-state index in [-0.39, 0.29) is 18.2 Å². The molecule has 20 heavy (non-hydrogen) atoms. The van der Waals surface area contributed by atoms with Crippen LogP contribution in [0.4, 0.5) is 5.69 Å². The van der Waals surface area contributed by atoms with Crippen LogP contribution in [0.2, 0.25) is 0 Å². The fourth-order valence-electron chi connectivity index (χ4n) is 2.34. The summed E-state index contributed by atoms with van der Waals surface area (Å²) in [4.78, 5) is 24.0. The molecule has 1 aliphatic rings. The maximum absolute atomic E-state index is 12.0. The average Bonchev–Trinajstić information content (AvgIpc) is 2.45. The molecule has 1 aromatic rings. The van der Waals surface area contributed by atoms with Crippen LogP contribution in [-0.2, 0) is 4.79 Å². The third kappa shape index (κ3) is 3.69. The molecule has 6 nitrogen and oxygen atoms in total. The Hall–Kier alpha value is -2.11. The quantitative estimate of drug-likeness (QED) is 0.625. The molecular weight excluding hydrogens is 260 g/mol. The number of hydrogen-bond donors (Lipinski definition) is 0. The molecular formula is C14H18N2O4. The van der Waals surface area contributed by atoms with Crippen molar-refractivity contribution in [3.05, 3.63) is 34.4 Å². The molecule has 0 radical (unpaired) electrons. The third-order valence-electron chi connectivity index (χ3n) is 3.40. The Balaban J connectivity index is 1.89. The molecule has 0 aromatic heterocycles. The topological polar surface area (TPSA) is 72.7 Å². The van der Waals surface area contributed by atoms with Crippen LogP contribution >= 0.6 is 0 Å². The number of benzene rings is 1. The number of ether oxygens (including phenoxy) is 1. The number of amides is 1. The van der Waals surface area contributed by atoms with Crippen molar-refractivity contribution in [3.8, 4) is 5.75 Å². The van der Waals surface area contributed by atoms with Crippen molar-refractivity contribution in [2.75, 3.05) is 19.7 Å². The molecule has 1 saturated heterocycles. The second kappa shape index (κ2) is 6.36. The molecule has 1 heterocycles. The van der Waals surface area contributed by atoms with Crippen LogP contribution in [0.25, 0.3) is 0 Å². The lowest BCUT2D eigenvalue weighted by molar-refractivity contribution is -0.384. The zero-order chi connectivity index (χ0) is 14.5. The summed E-state index contributed by atoms with van der Waals surface area (Å²) in [6.07, 6.45) is 2.17. The second-order valence-corrected chi connectivity index (χ2v) is 5.13. The molecule has 0 N–H and O–H groups in total. The minimum absolute atomic E-state index is 0.0402. The first-order valence-corrected chi connectivity index (χ1v) is 6.71. The Morgan fingerprint density at radius 2 is 2.35 bits per heavy atom. The molecule has 0 saturated carbocycles. The minimum Gasteiger partial charge on any atom is -0.484 e. The summed E-state index contributed by atoms with van der Waals surface area (Å²) < 4.78 is 5.35. The number of likely N-dealkylation sites (tertiary alicyclic amines) is 1. The fraction of sp³-hybridized carbons (Fsp3) is 0.500. The van der Waals surface area contributed by atoms with Crippen molar-refractivity contribution in [2.24, 2.45) is 5.92 Å². The van der Waals surface area contributed by atoms with Crippen LogP contribution < -0.4 is 4.74 Å². The fourth-order valence-corrected chi connectivity index (χ4v) is 2.34. The van der Waals surface area contributed by atoms with Gasteiger partial charge in [-0.05, 0) is 24.8 Å². The lowest BCUT2D eigenvalue weighted by atomic mass is 10.0. The van der Waals surface area contributed by atoms with Gasteiger partial charge in [-0.3, -0.25) is 14.9 Å². The van der Waals surface area contributed by atoms with Crippen LogP contribution in [0, 0.1) is 16.0 Å². The van der Waals surface area contributed by atoms with E-state index in [4.69, 9.17) is 4.74 Å². The van der Waals surface area contributed by atoms with Gasteiger partial charge in [-0.15, -0.1) is 0 Å². The van der Waals surface area contributed by atoms with Gasteiger partial charge in [0, 0.05) is 19.2 Å². The normalized spacial score (nSPS) is 18.6. The number of carbonyl (C=O) groups excluding carboxylic acids is 1. The van der Waals surface area contributed by atoms with Gasteiger partial charge in [0.25, 0.3) is 11.6 Å². The highest BCUT2D eigenvalue weighted by atomic mass is 16.6. The second-order valence-electron chi connectivity index (χ2n) is 5.13. The summed E-state index contributed by atoms with van der Waals surface area (Å²) in [6.45, 7) is 3.58. The SMILES string of the molecule is CC1CCCN(C(=O)COc2cccc([N+](=O)[O-])c2)C1. The predicted molar refractivity (Wildman–Crippen MR) is 73.6 cm³/mol. The number of nitrogens with zero attached hydrogens (tertiary/aromatic N) is 2. The van der Waals surface area contributed by atoms with Crippen molar-refractivity contribution < 1.29 is 14.5 Å². The van der Waals surface area contributed by atoms with E-state index in [1.54, 1.807) is 17.0 Å². The Morgan fingerprint density at radius 3 is 3.05 bits per heavy atom. The van der Waals surface area contributed by atoms with E-state index in [0.29, 0.717) is 11.7 Å². The molecule has 1 aromatic carbocycles. The van der Waals surface area contributed by atoms with Gasteiger partial charge in [0.15, 0.2) is 6.61 Å². The molecule has 0 aliphatic carbocycles. The van der Waals surface area contributed by atoms with Gasteiger partial charge in [-0.25, -0.2) is 0 Å². The van der Waals surface area contributed by atoms with Crippen molar-refractivity contribution >= 4 is 11.6 Å². The van der Waals surface area contributed by atoms with Gasteiger partial charge in [-0.2, -0.15) is 0 Å². The summed E-state index contributed by atoms with van der Waals surface area (Å²) in [6, 6.07) is 5.87. The summed E-state index contributed by atoms with van der Waals surface area (Å²) in [5.41, 5.74) is -0.0402. The first-order chi connectivity index (χ1) is 9.56. The van der Waals surface area contributed by atoms with Gasteiger partial charge in [0.2, 0.25) is 0 Å². The van der Waals surface area contributed by atoms with E-state index >= 15 is 0 Å². The van der Waals surface area contributed by atoms with Gasteiger partial charge >= 0.3 is 0 Å². The Kier molecular flexibility index (Phi) is 4.55. The first kappa shape index (κ1) is 14.3. The number of nitro benzene ring substituents is 1. The molecule has 6 heteroatoms. The smallest absolute Gasteiger partial charge is 0.273 e. The molecule has 108 valence electrons. The number of carbonyl (C=O) groups is 1. The molecule has 0 bridgehead atoms. The summed E-state index contributed by atoms with van der Waals surface area (Å²) in [5.74, 6) is 0.797. The van der Waals surface area contributed by atoms with Crippen LogP contribution in [-0.4, -0.2) is 35.4 Å². The van der Waals surface area contributed by atoms with Crippen molar-refractivity contribution in [1.29, 1.82) is 0 Å². The van der Waals surface area contributed by atoms with E-state index in [2.05, 4.69) is 6.92 Å². The number of piperidine rings is 1. The highest BCUT2D eigenvalue weighted by molar-refractivity contribution is 5.77. The highest BCUT2D eigenvalue weighted by Gasteiger charge is 2.21. The number of nitro groups is 1. The number of hydrogen-bond acceptors (Lipinski definition) is 4. The van der Waals surface area contributed by atoms with Gasteiger partial charge < -0.3 is 9.64 Å². The standard InChI is InChI=1S/C14H18N2O4/c1-11-4-3-7-15(9-11)14(17)10-20-13-6-2-5-12(8-13)16(18)19/h2,5-6,8,11H,3-4,7,9-10H2,1H3. The van der Waals surface area contributed by atoms with E-state index in [1.165, 1.54) is 12.1 Å². The van der Waals surface area contributed by atoms with E-state index in [1.807, 2.05) is 0 Å². The molecule has 1 atom stereocenters. The highest BCUT2D eigenvalue weighted by Crippen LogP contribution is 2.20. The lowest BCUT2D eigenvalue weighted by Crippen LogP contribution is -2.41. The molecule has 1 unspecified atom stereocenters. The minimum atomic E-state index is -0.485. The lowest BCUT2D eigenvalue weighted by Gasteiger charge is -2.30. The Bertz CT molecular complexity index is 504. The molecule has 1 fully saturated rings. The predicted octanol–water partition coefficient (Wildman–Crippen LogP) is 2.23. The van der Waals surface area contributed by atoms with Gasteiger partial charge in [-0.1, -0.05) is 13.0 Å². The first-order valence-electron chi connectivity index (χ1n) is 6.71. The molecule has 2 rings (SSSR count). The Morgan fingerprint density at radius 1 is 1.55 bits per heavy atom. The largest absolute Gasteiger partial charge is 0.484 e. The Labute approximate surface area is 117 Å². The molecule has 0 spiro atoms. The van der Waals surface area contributed by atoms with Crippen LogP contribution in [0.15, 0.2) is 24.3 Å². The summed E-state index contributed by atoms with van der Waals surface area (Å²) in [5, 5.41) is 10.6. The number of non-ortho nitro benzene ring substituents is 1. The average molecular weight is 278 g/mol. The third-order valence-corrected chi connectivity index (χ3v) is 3.40. The van der Waals surface area contributed by atoms with Gasteiger partial charge in [0.05, 0.1) is 11.0 Å². The zero-order valence-corrected chi connectivity index (χ0v) is 11.4. The van der Waals surface area contributed by atoms with Crippen LogP contribution in [0.3, 0.4) is 0 Å². The maximum Gasteiger partial charge on any atom is 0.273 e. The van der Waals surface area contributed by atoms with E-state index < -0.39 is 4.92 Å². The van der Waals surface area contributed by atoms with Crippen molar-refractivity contribution in [2.45, 2.75) is 19.8 Å². The zero-order valence-electron chi connectivity index (χ0n) is 11.4. The number of rotatable bonds is 4. The molecule has 1 aliphatic heterocycles. The van der Waals surface area contributed by atoms with Gasteiger partial charge in [0.1, 0.15) is 5.75 Å². The van der Waals surface area contributed by atoms with Crippen LogP contribution in [0.5, 0.6) is 5.75 Å². The van der Waals surface area contributed by atoms with E-state index in [0.717, 1.165) is 25.9 Å². The maximum atomic E-state index is 12.0.